The third-order valence-electron chi connectivity index (χ3n) is 3.09. The summed E-state index contributed by atoms with van der Waals surface area (Å²) in [5.41, 5.74) is 5.72. The van der Waals surface area contributed by atoms with Gasteiger partial charge in [-0.15, -0.1) is 0 Å². The summed E-state index contributed by atoms with van der Waals surface area (Å²) in [6.45, 7) is 9.95. The molecule has 0 aromatic carbocycles. The first kappa shape index (κ1) is 16.7. The minimum absolute atomic E-state index is 0.00867. The van der Waals surface area contributed by atoms with E-state index >= 15 is 0 Å². The molecule has 0 aliphatic heterocycles. The highest BCUT2D eigenvalue weighted by Crippen LogP contribution is 2.15. The van der Waals surface area contributed by atoms with Crippen LogP contribution in [-0.2, 0) is 4.79 Å². The van der Waals surface area contributed by atoms with Crippen molar-refractivity contribution in [3.63, 3.8) is 0 Å². The van der Waals surface area contributed by atoms with E-state index in [0.717, 1.165) is 12.4 Å². The van der Waals surface area contributed by atoms with E-state index in [0.29, 0.717) is 13.1 Å². The van der Waals surface area contributed by atoms with Crippen molar-refractivity contribution in [1.82, 2.24) is 14.7 Å². The highest BCUT2D eigenvalue weighted by molar-refractivity contribution is 5.91. The number of hydrogen-bond donors (Lipinski definition) is 2. The number of amides is 1. The largest absolute Gasteiger partial charge is 0.330 e. The Morgan fingerprint density at radius 3 is 2.75 bits per heavy atom. The third kappa shape index (κ3) is 4.94. The van der Waals surface area contributed by atoms with Gasteiger partial charge in [-0.2, -0.15) is 5.10 Å². The van der Waals surface area contributed by atoms with Crippen LogP contribution in [0.15, 0.2) is 12.3 Å². The van der Waals surface area contributed by atoms with Gasteiger partial charge in [0, 0.05) is 18.7 Å². The van der Waals surface area contributed by atoms with Crippen molar-refractivity contribution in [3.8, 4) is 0 Å². The van der Waals surface area contributed by atoms with Gasteiger partial charge in [-0.1, -0.05) is 13.8 Å². The first-order chi connectivity index (χ1) is 9.25. The summed E-state index contributed by atoms with van der Waals surface area (Å²) >= 11 is 0. The fraction of sp³-hybridized carbons (Fsp3) is 0.714. The second-order valence-corrected chi connectivity index (χ2v) is 6.34. The Labute approximate surface area is 121 Å². The molecule has 0 saturated carbocycles. The van der Waals surface area contributed by atoms with Crippen LogP contribution in [0.4, 0.5) is 5.82 Å². The summed E-state index contributed by atoms with van der Waals surface area (Å²) in [6, 6.07) is 2.02. The molecule has 0 unspecified atom stereocenters. The maximum atomic E-state index is 12.0. The van der Waals surface area contributed by atoms with Crippen LogP contribution >= 0.6 is 0 Å². The molecule has 114 valence electrons. The average Bonchev–Trinajstić information content (AvgIpc) is 2.75. The number of likely N-dealkylation sites (N-methyl/N-ethyl adjacent to an activating group) is 1. The standard InChI is InChI=1S/C14H27N5O/c1-11(2)19-12(6-7-16-19)17-13(20)8-18(5)10-14(3,4)9-15/h6-7,11H,8-10,15H2,1-5H3,(H,17,20). The van der Waals surface area contributed by atoms with Crippen molar-refractivity contribution in [2.45, 2.75) is 33.7 Å². The topological polar surface area (TPSA) is 76.2 Å². The van der Waals surface area contributed by atoms with Crippen LogP contribution in [0.25, 0.3) is 0 Å². The van der Waals surface area contributed by atoms with Crippen molar-refractivity contribution in [1.29, 1.82) is 0 Å². The van der Waals surface area contributed by atoms with Gasteiger partial charge >= 0.3 is 0 Å². The zero-order chi connectivity index (χ0) is 15.3. The lowest BCUT2D eigenvalue weighted by Crippen LogP contribution is -2.40. The molecule has 0 fully saturated rings. The molecule has 6 heteroatoms. The molecule has 0 spiro atoms. The van der Waals surface area contributed by atoms with Crippen molar-refractivity contribution in [2.75, 3.05) is 32.0 Å². The van der Waals surface area contributed by atoms with Crippen LogP contribution in [0, 0.1) is 5.41 Å². The molecule has 3 N–H and O–H groups in total. The summed E-state index contributed by atoms with van der Waals surface area (Å²) in [7, 11) is 1.93. The summed E-state index contributed by atoms with van der Waals surface area (Å²) in [6.07, 6.45) is 1.69. The smallest absolute Gasteiger partial charge is 0.239 e. The van der Waals surface area contributed by atoms with E-state index in [4.69, 9.17) is 5.73 Å². The number of rotatable bonds is 7. The molecule has 1 amide bonds. The number of nitrogens with zero attached hydrogens (tertiary/aromatic N) is 3. The molecule has 0 aliphatic carbocycles. The van der Waals surface area contributed by atoms with Gasteiger partial charge in [0.1, 0.15) is 5.82 Å². The molecule has 0 atom stereocenters. The van der Waals surface area contributed by atoms with Crippen LogP contribution in [0.1, 0.15) is 33.7 Å². The number of carbonyl (C=O) groups excluding carboxylic acids is 1. The fourth-order valence-electron chi connectivity index (χ4n) is 2.10. The third-order valence-corrected chi connectivity index (χ3v) is 3.09. The number of carbonyl (C=O) groups is 1. The lowest BCUT2D eigenvalue weighted by Gasteiger charge is -2.28. The zero-order valence-corrected chi connectivity index (χ0v) is 13.2. The number of hydrogen-bond acceptors (Lipinski definition) is 4. The Morgan fingerprint density at radius 2 is 2.20 bits per heavy atom. The summed E-state index contributed by atoms with van der Waals surface area (Å²) in [4.78, 5) is 14.0. The molecule has 0 aliphatic rings. The van der Waals surface area contributed by atoms with E-state index < -0.39 is 0 Å². The van der Waals surface area contributed by atoms with Gasteiger partial charge in [0.05, 0.1) is 12.7 Å². The van der Waals surface area contributed by atoms with E-state index in [1.54, 1.807) is 10.9 Å². The number of anilines is 1. The lowest BCUT2D eigenvalue weighted by atomic mass is 9.93. The van der Waals surface area contributed by atoms with E-state index in [2.05, 4.69) is 24.3 Å². The Hall–Kier alpha value is -1.40. The summed E-state index contributed by atoms with van der Waals surface area (Å²) < 4.78 is 1.79. The van der Waals surface area contributed by atoms with E-state index in [1.807, 2.05) is 31.9 Å². The quantitative estimate of drug-likeness (QED) is 0.790. The van der Waals surface area contributed by atoms with Crippen LogP contribution in [0.5, 0.6) is 0 Å². The normalized spacial score (nSPS) is 12.2. The summed E-state index contributed by atoms with van der Waals surface area (Å²) in [5.74, 6) is 0.694. The maximum absolute atomic E-state index is 12.0. The maximum Gasteiger partial charge on any atom is 0.239 e. The van der Waals surface area contributed by atoms with Crippen molar-refractivity contribution in [3.05, 3.63) is 12.3 Å². The van der Waals surface area contributed by atoms with Crippen LogP contribution in [0.2, 0.25) is 0 Å². The molecule has 0 saturated heterocycles. The Balaban J connectivity index is 2.53. The second kappa shape index (κ2) is 6.85. The molecule has 0 bridgehead atoms. The molecule has 20 heavy (non-hydrogen) atoms. The monoisotopic (exact) mass is 281 g/mol. The minimum atomic E-state index is -0.0391. The van der Waals surface area contributed by atoms with Gasteiger partial charge in [-0.3, -0.25) is 9.69 Å². The van der Waals surface area contributed by atoms with Crippen molar-refractivity contribution in [2.24, 2.45) is 11.1 Å². The Morgan fingerprint density at radius 1 is 1.55 bits per heavy atom. The van der Waals surface area contributed by atoms with Gasteiger partial charge in [0.2, 0.25) is 5.91 Å². The average molecular weight is 281 g/mol. The molecule has 1 heterocycles. The van der Waals surface area contributed by atoms with Gasteiger partial charge in [0.15, 0.2) is 0 Å². The SMILES string of the molecule is CC(C)n1nccc1NC(=O)CN(C)CC(C)(C)CN. The molecular formula is C14H27N5O. The molecule has 6 nitrogen and oxygen atoms in total. The minimum Gasteiger partial charge on any atom is -0.330 e. The molecule has 1 aromatic heterocycles. The summed E-state index contributed by atoms with van der Waals surface area (Å²) in [5, 5.41) is 7.09. The lowest BCUT2D eigenvalue weighted by molar-refractivity contribution is -0.117. The molecular weight excluding hydrogens is 254 g/mol. The Kier molecular flexibility index (Phi) is 5.71. The second-order valence-electron chi connectivity index (χ2n) is 6.34. The van der Waals surface area contributed by atoms with Gasteiger partial charge in [-0.05, 0) is 32.9 Å². The fourth-order valence-corrected chi connectivity index (χ4v) is 2.10. The zero-order valence-electron chi connectivity index (χ0n) is 13.2. The van der Waals surface area contributed by atoms with E-state index in [-0.39, 0.29) is 17.4 Å². The molecule has 1 rings (SSSR count). The van der Waals surface area contributed by atoms with Gasteiger partial charge < -0.3 is 11.1 Å². The van der Waals surface area contributed by atoms with E-state index in [9.17, 15) is 4.79 Å². The van der Waals surface area contributed by atoms with Crippen LogP contribution < -0.4 is 11.1 Å². The first-order valence-electron chi connectivity index (χ1n) is 6.97. The number of nitrogens with one attached hydrogen (secondary N) is 1. The molecule has 0 radical (unpaired) electrons. The van der Waals surface area contributed by atoms with Crippen LogP contribution in [0.3, 0.4) is 0 Å². The van der Waals surface area contributed by atoms with Crippen molar-refractivity contribution >= 4 is 11.7 Å². The first-order valence-corrected chi connectivity index (χ1v) is 6.97. The highest BCUT2D eigenvalue weighted by Gasteiger charge is 2.19. The predicted molar refractivity (Wildman–Crippen MR) is 81.6 cm³/mol. The number of nitrogens with two attached hydrogens (primary N) is 1. The predicted octanol–water partition coefficient (Wildman–Crippen LogP) is 1.32. The highest BCUT2D eigenvalue weighted by atomic mass is 16.2. The van der Waals surface area contributed by atoms with Crippen LogP contribution in [-0.4, -0.2) is 47.3 Å². The number of aromatic nitrogens is 2. The molecule has 1 aromatic rings. The van der Waals surface area contributed by atoms with Crippen molar-refractivity contribution < 1.29 is 4.79 Å². The Bertz CT molecular complexity index is 439. The van der Waals surface area contributed by atoms with Gasteiger partial charge in [0.25, 0.3) is 0 Å². The van der Waals surface area contributed by atoms with Gasteiger partial charge in [-0.25, -0.2) is 4.68 Å². The van der Waals surface area contributed by atoms with E-state index in [1.165, 1.54) is 0 Å².